The highest BCUT2D eigenvalue weighted by molar-refractivity contribution is 7.80. The molecule has 2 aromatic carbocycles. The number of anilines is 2. The Kier molecular flexibility index (Phi) is 4.44. The molecule has 0 fully saturated rings. The topological polar surface area (TPSA) is 67.2 Å². The van der Waals surface area contributed by atoms with Crippen molar-refractivity contribution in [3.05, 3.63) is 64.0 Å². The van der Waals surface area contributed by atoms with E-state index >= 15 is 0 Å². The van der Waals surface area contributed by atoms with Gasteiger partial charge in [-0.3, -0.25) is 10.1 Å². The van der Waals surface area contributed by atoms with Gasteiger partial charge in [-0.1, -0.05) is 12.1 Å². The average Bonchev–Trinajstić information content (AvgIpc) is 2.43. The number of para-hydroxylation sites is 1. The van der Waals surface area contributed by atoms with Crippen molar-refractivity contribution in [2.45, 2.75) is 6.92 Å². The van der Waals surface area contributed by atoms with Gasteiger partial charge in [-0.2, -0.15) is 0 Å². The van der Waals surface area contributed by atoms with Crippen LogP contribution in [0.2, 0.25) is 0 Å². The number of hydrogen-bond donors (Lipinski definition) is 2. The van der Waals surface area contributed by atoms with Gasteiger partial charge in [-0.05, 0) is 42.9 Å². The number of aryl methyl sites for hydroxylation is 1. The van der Waals surface area contributed by atoms with Crippen molar-refractivity contribution in [3.8, 4) is 0 Å². The lowest BCUT2D eigenvalue weighted by molar-refractivity contribution is -0.384. The lowest BCUT2D eigenvalue weighted by Gasteiger charge is -2.12. The number of hydrogen-bond acceptors (Lipinski definition) is 3. The Hall–Kier alpha value is -2.54. The molecule has 0 aliphatic carbocycles. The first-order valence-electron chi connectivity index (χ1n) is 6.05. The molecule has 2 N–H and O–H groups in total. The van der Waals surface area contributed by atoms with E-state index in [0.717, 1.165) is 0 Å². The van der Waals surface area contributed by atoms with E-state index in [9.17, 15) is 14.5 Å². The first-order valence-corrected chi connectivity index (χ1v) is 6.46. The van der Waals surface area contributed by atoms with Gasteiger partial charge in [-0.25, -0.2) is 4.39 Å². The molecule has 108 valence electrons. The lowest BCUT2D eigenvalue weighted by atomic mass is 10.2. The minimum absolute atomic E-state index is 0.00558. The Bertz CT molecular complexity index is 706. The van der Waals surface area contributed by atoms with Crippen molar-refractivity contribution in [2.24, 2.45) is 0 Å². The van der Waals surface area contributed by atoms with Gasteiger partial charge in [0.05, 0.1) is 10.6 Å². The predicted molar refractivity (Wildman–Crippen MR) is 84.1 cm³/mol. The molecule has 2 rings (SSSR count). The second-order valence-corrected chi connectivity index (χ2v) is 4.72. The summed E-state index contributed by atoms with van der Waals surface area (Å²) in [6.07, 6.45) is 0. The van der Waals surface area contributed by atoms with E-state index in [1.807, 2.05) is 0 Å². The van der Waals surface area contributed by atoms with Crippen LogP contribution in [0, 0.1) is 22.9 Å². The molecule has 0 spiro atoms. The zero-order valence-corrected chi connectivity index (χ0v) is 11.9. The van der Waals surface area contributed by atoms with Gasteiger partial charge < -0.3 is 10.6 Å². The molecule has 0 aliphatic heterocycles. The molecule has 0 unspecified atom stereocenters. The summed E-state index contributed by atoms with van der Waals surface area (Å²) in [4.78, 5) is 10.2. The van der Waals surface area contributed by atoms with E-state index in [2.05, 4.69) is 10.6 Å². The van der Waals surface area contributed by atoms with Gasteiger partial charge in [-0.15, -0.1) is 0 Å². The van der Waals surface area contributed by atoms with Crippen molar-refractivity contribution in [1.82, 2.24) is 0 Å². The molecule has 7 heteroatoms. The Labute approximate surface area is 125 Å². The van der Waals surface area contributed by atoms with Crippen LogP contribution in [0.1, 0.15) is 5.56 Å². The van der Waals surface area contributed by atoms with Crippen LogP contribution in [0.5, 0.6) is 0 Å². The number of halogens is 1. The molecule has 21 heavy (non-hydrogen) atoms. The summed E-state index contributed by atoms with van der Waals surface area (Å²) in [6, 6.07) is 10.5. The molecule has 0 aromatic heterocycles. The summed E-state index contributed by atoms with van der Waals surface area (Å²) in [5.41, 5.74) is 1.55. The second kappa shape index (κ2) is 6.27. The minimum atomic E-state index is -0.466. The molecule has 0 aliphatic rings. The molecular weight excluding hydrogens is 293 g/mol. The van der Waals surface area contributed by atoms with E-state index < -0.39 is 10.7 Å². The molecule has 0 amide bonds. The van der Waals surface area contributed by atoms with Gasteiger partial charge in [0, 0.05) is 17.8 Å². The summed E-state index contributed by atoms with van der Waals surface area (Å²) < 4.78 is 13.5. The van der Waals surface area contributed by atoms with Gasteiger partial charge >= 0.3 is 0 Å². The minimum Gasteiger partial charge on any atom is -0.332 e. The van der Waals surface area contributed by atoms with Crippen LogP contribution < -0.4 is 10.6 Å². The largest absolute Gasteiger partial charge is 0.332 e. The fraction of sp³-hybridized carbons (Fsp3) is 0.0714. The maximum absolute atomic E-state index is 13.5. The van der Waals surface area contributed by atoms with Gasteiger partial charge in [0.2, 0.25) is 0 Å². The fourth-order valence-corrected chi connectivity index (χ4v) is 1.96. The molecule has 0 saturated heterocycles. The third-order valence-electron chi connectivity index (χ3n) is 2.79. The molecule has 0 heterocycles. The monoisotopic (exact) mass is 305 g/mol. The summed E-state index contributed by atoms with van der Waals surface area (Å²) in [7, 11) is 0. The Morgan fingerprint density at radius 2 is 1.86 bits per heavy atom. The molecule has 0 atom stereocenters. The third kappa shape index (κ3) is 3.73. The summed E-state index contributed by atoms with van der Waals surface area (Å²) in [6.45, 7) is 1.72. The van der Waals surface area contributed by atoms with Gasteiger partial charge in [0.25, 0.3) is 5.69 Å². The second-order valence-electron chi connectivity index (χ2n) is 4.32. The number of nitrogens with one attached hydrogen (secondary N) is 2. The van der Waals surface area contributed by atoms with E-state index in [0.29, 0.717) is 11.3 Å². The maximum Gasteiger partial charge on any atom is 0.269 e. The smallest absolute Gasteiger partial charge is 0.269 e. The standard InChI is InChI=1S/C14H12FN3O2S/c1-9-8-10(18(19)20)6-7-12(9)16-14(21)17-13-5-3-2-4-11(13)15/h2-8H,1H3,(H2,16,17,21). The first-order chi connectivity index (χ1) is 9.97. The number of nitro groups is 1. The summed E-state index contributed by atoms with van der Waals surface area (Å²) in [5.74, 6) is -0.415. The Morgan fingerprint density at radius 3 is 2.48 bits per heavy atom. The molecule has 0 bridgehead atoms. The molecular formula is C14H12FN3O2S. The van der Waals surface area contributed by atoms with E-state index in [1.165, 1.54) is 18.2 Å². The quantitative estimate of drug-likeness (QED) is 0.512. The maximum atomic E-state index is 13.5. The van der Waals surface area contributed by atoms with Gasteiger partial charge in [0.1, 0.15) is 5.82 Å². The number of nitrogens with zero attached hydrogens (tertiary/aromatic N) is 1. The highest BCUT2D eigenvalue weighted by Gasteiger charge is 2.09. The number of thiocarbonyl (C=S) groups is 1. The molecule has 0 saturated carbocycles. The predicted octanol–water partition coefficient (Wildman–Crippen LogP) is 3.85. The summed E-state index contributed by atoms with van der Waals surface area (Å²) in [5, 5.41) is 16.5. The van der Waals surface area contributed by atoms with Crippen LogP contribution in [-0.2, 0) is 0 Å². The van der Waals surface area contributed by atoms with E-state index in [4.69, 9.17) is 12.2 Å². The van der Waals surface area contributed by atoms with Crippen molar-refractivity contribution in [1.29, 1.82) is 0 Å². The third-order valence-corrected chi connectivity index (χ3v) is 3.00. The Morgan fingerprint density at radius 1 is 1.19 bits per heavy atom. The first kappa shape index (κ1) is 14.9. The van der Waals surface area contributed by atoms with Crippen LogP contribution in [0.4, 0.5) is 21.5 Å². The van der Waals surface area contributed by atoms with E-state index in [-0.39, 0.29) is 16.5 Å². The molecule has 0 radical (unpaired) electrons. The summed E-state index contributed by atoms with van der Waals surface area (Å²) >= 11 is 5.10. The SMILES string of the molecule is Cc1cc([N+](=O)[O-])ccc1NC(=S)Nc1ccccc1F. The van der Waals surface area contributed by atoms with Crippen LogP contribution in [0.3, 0.4) is 0 Å². The zero-order chi connectivity index (χ0) is 15.4. The zero-order valence-electron chi connectivity index (χ0n) is 11.1. The van der Waals surface area contributed by atoms with Crippen molar-refractivity contribution < 1.29 is 9.31 Å². The van der Waals surface area contributed by atoms with Crippen LogP contribution in [-0.4, -0.2) is 10.0 Å². The van der Waals surface area contributed by atoms with Crippen LogP contribution in [0.15, 0.2) is 42.5 Å². The van der Waals surface area contributed by atoms with Crippen molar-refractivity contribution in [3.63, 3.8) is 0 Å². The van der Waals surface area contributed by atoms with Crippen molar-refractivity contribution >= 4 is 34.4 Å². The normalized spacial score (nSPS) is 10.0. The van der Waals surface area contributed by atoms with Crippen molar-refractivity contribution in [2.75, 3.05) is 10.6 Å². The van der Waals surface area contributed by atoms with Crippen LogP contribution >= 0.6 is 12.2 Å². The van der Waals surface area contributed by atoms with E-state index in [1.54, 1.807) is 31.2 Å². The van der Waals surface area contributed by atoms with Crippen LogP contribution in [0.25, 0.3) is 0 Å². The fourth-order valence-electron chi connectivity index (χ4n) is 1.74. The molecule has 5 nitrogen and oxygen atoms in total. The number of benzene rings is 2. The van der Waals surface area contributed by atoms with Gasteiger partial charge in [0.15, 0.2) is 5.11 Å². The average molecular weight is 305 g/mol. The number of rotatable bonds is 3. The highest BCUT2D eigenvalue weighted by Crippen LogP contribution is 2.21. The molecule has 2 aromatic rings. The number of nitro benzene ring substituents is 1. The lowest BCUT2D eigenvalue weighted by Crippen LogP contribution is -2.20. The Balaban J connectivity index is 2.10. The highest BCUT2D eigenvalue weighted by atomic mass is 32.1. The number of non-ortho nitro benzene ring substituents is 1.